The molecule has 3 N–H and O–H groups in total. The Hall–Kier alpha value is -3.55. The maximum absolute atomic E-state index is 12.3. The smallest absolute Gasteiger partial charge is 0.276 e. The Kier molecular flexibility index (Phi) is 3.50. The Morgan fingerprint density at radius 2 is 2.16 bits per heavy atom. The van der Waals surface area contributed by atoms with Gasteiger partial charge in [0.1, 0.15) is 11.4 Å². The summed E-state index contributed by atoms with van der Waals surface area (Å²) in [6.45, 7) is 1.67. The number of hydrogen-bond acceptors (Lipinski definition) is 5. The van der Waals surface area contributed by atoms with E-state index in [0.717, 1.165) is 0 Å². The van der Waals surface area contributed by atoms with Crippen LogP contribution in [-0.2, 0) is 4.79 Å². The van der Waals surface area contributed by atoms with Gasteiger partial charge in [-0.25, -0.2) is 0 Å². The number of rotatable bonds is 3. The maximum atomic E-state index is 12.3. The molecule has 0 bridgehead atoms. The SMILES string of the molecule is C[C@@H]1Oc2ccc(NC(=O)c3cc(-c4ccco4)[nH]n3)cc2NC1=O. The van der Waals surface area contributed by atoms with E-state index in [0.29, 0.717) is 28.6 Å². The average molecular weight is 338 g/mol. The van der Waals surface area contributed by atoms with Gasteiger partial charge in [-0.15, -0.1) is 0 Å². The van der Waals surface area contributed by atoms with E-state index in [1.54, 1.807) is 49.6 Å². The van der Waals surface area contributed by atoms with Crippen LogP contribution in [-0.4, -0.2) is 28.1 Å². The van der Waals surface area contributed by atoms with Crippen molar-refractivity contribution in [2.75, 3.05) is 10.6 Å². The summed E-state index contributed by atoms with van der Waals surface area (Å²) >= 11 is 0. The highest BCUT2D eigenvalue weighted by atomic mass is 16.5. The number of H-pyrrole nitrogens is 1. The number of ether oxygens (including phenoxy) is 1. The van der Waals surface area contributed by atoms with Crippen LogP contribution in [0.4, 0.5) is 11.4 Å². The van der Waals surface area contributed by atoms with Gasteiger partial charge in [-0.1, -0.05) is 0 Å². The first-order valence-electron chi connectivity index (χ1n) is 7.62. The third-order valence-electron chi connectivity index (χ3n) is 3.77. The van der Waals surface area contributed by atoms with Crippen LogP contribution in [0.15, 0.2) is 47.1 Å². The Morgan fingerprint density at radius 3 is 2.96 bits per heavy atom. The highest BCUT2D eigenvalue weighted by molar-refractivity contribution is 6.04. The van der Waals surface area contributed by atoms with Crippen LogP contribution in [0.1, 0.15) is 17.4 Å². The lowest BCUT2D eigenvalue weighted by Gasteiger charge is -2.23. The first kappa shape index (κ1) is 15.0. The molecule has 2 aromatic heterocycles. The fourth-order valence-electron chi connectivity index (χ4n) is 2.48. The van der Waals surface area contributed by atoms with Crippen LogP contribution in [0.5, 0.6) is 5.75 Å². The van der Waals surface area contributed by atoms with E-state index in [-0.39, 0.29) is 17.5 Å². The Bertz CT molecular complexity index is 945. The first-order chi connectivity index (χ1) is 12.1. The quantitative estimate of drug-likeness (QED) is 0.680. The molecule has 0 saturated heterocycles. The third kappa shape index (κ3) is 2.85. The molecule has 3 heterocycles. The number of nitrogens with zero attached hydrogens (tertiary/aromatic N) is 1. The molecule has 0 fully saturated rings. The second-order valence-electron chi connectivity index (χ2n) is 5.56. The Balaban J connectivity index is 1.52. The number of hydrogen-bond donors (Lipinski definition) is 3. The number of amides is 2. The number of aromatic nitrogens is 2. The Morgan fingerprint density at radius 1 is 1.28 bits per heavy atom. The summed E-state index contributed by atoms with van der Waals surface area (Å²) in [6, 6.07) is 10.1. The largest absolute Gasteiger partial charge is 0.479 e. The Labute approximate surface area is 142 Å². The molecule has 0 aliphatic carbocycles. The van der Waals surface area contributed by atoms with Gasteiger partial charge in [0.05, 0.1) is 12.0 Å². The van der Waals surface area contributed by atoms with Crippen LogP contribution >= 0.6 is 0 Å². The first-order valence-corrected chi connectivity index (χ1v) is 7.62. The fraction of sp³-hybridized carbons (Fsp3) is 0.118. The number of furan rings is 1. The van der Waals surface area contributed by atoms with Gasteiger partial charge in [-0.2, -0.15) is 5.10 Å². The molecule has 0 radical (unpaired) electrons. The van der Waals surface area contributed by atoms with Gasteiger partial charge in [0.25, 0.3) is 11.8 Å². The predicted molar refractivity (Wildman–Crippen MR) is 89.4 cm³/mol. The van der Waals surface area contributed by atoms with Gasteiger partial charge >= 0.3 is 0 Å². The summed E-state index contributed by atoms with van der Waals surface area (Å²) in [5.41, 5.74) is 1.86. The lowest BCUT2D eigenvalue weighted by molar-refractivity contribution is -0.122. The van der Waals surface area contributed by atoms with E-state index in [9.17, 15) is 9.59 Å². The fourth-order valence-corrected chi connectivity index (χ4v) is 2.48. The van der Waals surface area contributed by atoms with Crippen LogP contribution < -0.4 is 15.4 Å². The van der Waals surface area contributed by atoms with Crippen molar-refractivity contribution in [3.05, 3.63) is 48.4 Å². The molecule has 126 valence electrons. The van der Waals surface area contributed by atoms with E-state index in [2.05, 4.69) is 20.8 Å². The van der Waals surface area contributed by atoms with Crippen molar-refractivity contribution < 1.29 is 18.7 Å². The molecule has 2 amide bonds. The van der Waals surface area contributed by atoms with Gasteiger partial charge in [-0.3, -0.25) is 14.7 Å². The van der Waals surface area contributed by atoms with Crippen molar-refractivity contribution in [2.45, 2.75) is 13.0 Å². The zero-order valence-electron chi connectivity index (χ0n) is 13.2. The summed E-state index contributed by atoms with van der Waals surface area (Å²) in [4.78, 5) is 24.0. The van der Waals surface area contributed by atoms with Crippen molar-refractivity contribution >= 4 is 23.2 Å². The lowest BCUT2D eigenvalue weighted by Crippen LogP contribution is -2.34. The number of anilines is 2. The molecule has 8 nitrogen and oxygen atoms in total. The zero-order valence-corrected chi connectivity index (χ0v) is 13.2. The van der Waals surface area contributed by atoms with E-state index < -0.39 is 6.10 Å². The number of aromatic amines is 1. The summed E-state index contributed by atoms with van der Waals surface area (Å²) < 4.78 is 10.7. The highest BCUT2D eigenvalue weighted by Crippen LogP contribution is 2.32. The standard InChI is InChI=1S/C17H14N4O4/c1-9-16(22)19-11-7-10(4-5-15(11)25-9)18-17(23)13-8-12(20-21-13)14-3-2-6-24-14/h2-9H,1H3,(H,18,23)(H,19,22)(H,20,21)/t9-/m0/s1. The van der Waals surface area contributed by atoms with Gasteiger partial charge < -0.3 is 19.8 Å². The molecule has 1 atom stereocenters. The number of carbonyl (C=O) groups is 2. The molecule has 0 saturated carbocycles. The second-order valence-corrected chi connectivity index (χ2v) is 5.56. The normalized spacial score (nSPS) is 15.9. The number of nitrogens with one attached hydrogen (secondary N) is 3. The topological polar surface area (TPSA) is 109 Å². The van der Waals surface area contributed by atoms with Crippen molar-refractivity contribution in [1.29, 1.82) is 0 Å². The van der Waals surface area contributed by atoms with Crippen molar-refractivity contribution in [3.8, 4) is 17.2 Å². The summed E-state index contributed by atoms with van der Waals surface area (Å²) in [7, 11) is 0. The van der Waals surface area contributed by atoms with E-state index in [4.69, 9.17) is 9.15 Å². The van der Waals surface area contributed by atoms with Gasteiger partial charge in [0.2, 0.25) is 0 Å². The van der Waals surface area contributed by atoms with E-state index in [1.165, 1.54) is 0 Å². The molecule has 1 aliphatic heterocycles. The molecule has 0 spiro atoms. The summed E-state index contributed by atoms with van der Waals surface area (Å²) in [6.07, 6.45) is 0.997. The molecule has 25 heavy (non-hydrogen) atoms. The maximum Gasteiger partial charge on any atom is 0.276 e. The van der Waals surface area contributed by atoms with Crippen LogP contribution in [0.25, 0.3) is 11.5 Å². The van der Waals surface area contributed by atoms with Crippen molar-refractivity contribution in [2.24, 2.45) is 0 Å². The van der Waals surface area contributed by atoms with Gasteiger partial charge in [0.15, 0.2) is 17.6 Å². The van der Waals surface area contributed by atoms with Gasteiger partial charge in [-0.05, 0) is 37.3 Å². The van der Waals surface area contributed by atoms with Crippen molar-refractivity contribution in [3.63, 3.8) is 0 Å². The van der Waals surface area contributed by atoms with Crippen LogP contribution in [0.3, 0.4) is 0 Å². The number of fused-ring (bicyclic) bond motifs is 1. The van der Waals surface area contributed by atoms with Crippen LogP contribution in [0, 0.1) is 0 Å². The van der Waals surface area contributed by atoms with E-state index in [1.807, 2.05) is 0 Å². The third-order valence-corrected chi connectivity index (χ3v) is 3.77. The summed E-state index contributed by atoms with van der Waals surface area (Å²) in [5.74, 6) is 0.538. The molecular formula is C17H14N4O4. The van der Waals surface area contributed by atoms with Crippen LogP contribution in [0.2, 0.25) is 0 Å². The predicted octanol–water partition coefficient (Wildman–Crippen LogP) is 2.64. The second kappa shape index (κ2) is 5.82. The monoisotopic (exact) mass is 338 g/mol. The minimum atomic E-state index is -0.544. The van der Waals surface area contributed by atoms with E-state index >= 15 is 0 Å². The minimum absolute atomic E-state index is 0.220. The molecule has 1 aliphatic rings. The number of carbonyl (C=O) groups excluding carboxylic acids is 2. The zero-order chi connectivity index (χ0) is 17.4. The molecule has 3 aromatic rings. The molecule has 0 unspecified atom stereocenters. The molecular weight excluding hydrogens is 324 g/mol. The van der Waals surface area contributed by atoms with Crippen molar-refractivity contribution in [1.82, 2.24) is 10.2 Å². The molecule has 4 rings (SSSR count). The molecule has 8 heteroatoms. The number of benzene rings is 1. The van der Waals surface area contributed by atoms with Gasteiger partial charge in [0, 0.05) is 11.8 Å². The summed E-state index contributed by atoms with van der Waals surface area (Å²) in [5, 5.41) is 12.2. The highest BCUT2D eigenvalue weighted by Gasteiger charge is 2.24. The molecule has 1 aromatic carbocycles. The minimum Gasteiger partial charge on any atom is -0.479 e. The average Bonchev–Trinajstić information content (AvgIpc) is 3.27. The lowest BCUT2D eigenvalue weighted by atomic mass is 10.2.